The van der Waals surface area contributed by atoms with Gasteiger partial charge in [0.25, 0.3) is 0 Å². The summed E-state index contributed by atoms with van der Waals surface area (Å²) in [4.78, 5) is 0. The van der Waals surface area contributed by atoms with Crippen molar-refractivity contribution in [1.29, 1.82) is 0 Å². The van der Waals surface area contributed by atoms with E-state index in [1.807, 2.05) is 0 Å². The highest BCUT2D eigenvalue weighted by molar-refractivity contribution is 4.65. The lowest BCUT2D eigenvalue weighted by Gasteiger charge is -2.17. The Morgan fingerprint density at radius 1 is 1.15 bits per heavy atom. The molecule has 1 unspecified atom stereocenters. The Morgan fingerprint density at radius 2 is 1.77 bits per heavy atom. The molecule has 0 saturated carbocycles. The average Bonchev–Trinajstić information content (AvgIpc) is 2.02. The van der Waals surface area contributed by atoms with Crippen LogP contribution in [0.3, 0.4) is 0 Å². The minimum atomic E-state index is -4.06. The third-order valence-electron chi connectivity index (χ3n) is 2.15. The van der Waals surface area contributed by atoms with Crippen LogP contribution in [0.15, 0.2) is 0 Å². The van der Waals surface area contributed by atoms with Gasteiger partial charge in [-0.25, -0.2) is 5.11 Å². The third-order valence-corrected chi connectivity index (χ3v) is 2.15. The van der Waals surface area contributed by atoms with Gasteiger partial charge in [0.05, 0.1) is 12.5 Å². The highest BCUT2D eigenvalue weighted by Gasteiger charge is 2.37. The first-order valence-electron chi connectivity index (χ1n) is 4.67. The highest BCUT2D eigenvalue weighted by atomic mass is 19.4. The van der Waals surface area contributed by atoms with Gasteiger partial charge in [-0.2, -0.15) is 13.2 Å². The largest absolute Gasteiger partial charge is 0.391 e. The molecular formula is C9H16F3O. The summed E-state index contributed by atoms with van der Waals surface area (Å²) in [5.74, 6) is -1.18. The molecule has 0 spiro atoms. The van der Waals surface area contributed by atoms with E-state index in [4.69, 9.17) is 0 Å². The third kappa shape index (κ3) is 5.91. The SMILES string of the molecule is CCC(CCCCC[O])C(F)(F)F. The summed E-state index contributed by atoms with van der Waals surface area (Å²) < 4.78 is 36.5. The molecule has 0 fully saturated rings. The molecule has 0 rings (SSSR count). The summed E-state index contributed by atoms with van der Waals surface area (Å²) in [6, 6.07) is 0. The molecule has 0 aromatic carbocycles. The number of hydrogen-bond acceptors (Lipinski definition) is 0. The van der Waals surface area contributed by atoms with Crippen molar-refractivity contribution < 1.29 is 18.3 Å². The van der Waals surface area contributed by atoms with Gasteiger partial charge in [0.1, 0.15) is 0 Å². The van der Waals surface area contributed by atoms with Crippen molar-refractivity contribution in [2.24, 2.45) is 5.92 Å². The molecule has 0 amide bonds. The number of unbranched alkanes of at least 4 members (excludes halogenated alkanes) is 2. The fraction of sp³-hybridized carbons (Fsp3) is 1.00. The minimum absolute atomic E-state index is 0.140. The smallest absolute Gasteiger partial charge is 0.237 e. The Kier molecular flexibility index (Phi) is 6.12. The summed E-state index contributed by atoms with van der Waals surface area (Å²) in [6.07, 6.45) is -2.13. The van der Waals surface area contributed by atoms with Crippen molar-refractivity contribution in [1.82, 2.24) is 0 Å². The summed E-state index contributed by atoms with van der Waals surface area (Å²) in [7, 11) is 0. The van der Waals surface area contributed by atoms with Crippen LogP contribution in [0.5, 0.6) is 0 Å². The molecule has 13 heavy (non-hydrogen) atoms. The minimum Gasteiger partial charge on any atom is -0.237 e. The second kappa shape index (κ2) is 6.24. The van der Waals surface area contributed by atoms with E-state index in [0.29, 0.717) is 19.3 Å². The van der Waals surface area contributed by atoms with Gasteiger partial charge in [-0.3, -0.25) is 0 Å². The van der Waals surface area contributed by atoms with Gasteiger partial charge in [-0.1, -0.05) is 19.8 Å². The molecule has 0 aliphatic heterocycles. The molecule has 4 heteroatoms. The predicted octanol–water partition coefficient (Wildman–Crippen LogP) is 3.57. The highest BCUT2D eigenvalue weighted by Crippen LogP contribution is 2.32. The zero-order chi connectivity index (χ0) is 10.3. The van der Waals surface area contributed by atoms with E-state index in [9.17, 15) is 18.3 Å². The molecule has 1 nitrogen and oxygen atoms in total. The number of hydrogen-bond donors (Lipinski definition) is 0. The zero-order valence-electron chi connectivity index (χ0n) is 7.86. The van der Waals surface area contributed by atoms with Gasteiger partial charge in [0, 0.05) is 0 Å². The molecule has 1 atom stereocenters. The average molecular weight is 197 g/mol. The van der Waals surface area contributed by atoms with Crippen LogP contribution in [0.4, 0.5) is 13.2 Å². The van der Waals surface area contributed by atoms with E-state index < -0.39 is 12.1 Å². The standard InChI is InChI=1S/C9H16F3O/c1-2-8(9(10,11)12)6-4-3-5-7-13/h8H,2-7H2,1H3. The Hall–Kier alpha value is -0.250. The molecule has 0 bridgehead atoms. The van der Waals surface area contributed by atoms with Gasteiger partial charge < -0.3 is 0 Å². The van der Waals surface area contributed by atoms with E-state index in [-0.39, 0.29) is 19.4 Å². The van der Waals surface area contributed by atoms with Crippen molar-refractivity contribution in [2.45, 2.75) is 45.2 Å². The zero-order valence-corrected chi connectivity index (χ0v) is 7.86. The summed E-state index contributed by atoms with van der Waals surface area (Å²) >= 11 is 0. The first kappa shape index (κ1) is 12.8. The lowest BCUT2D eigenvalue weighted by atomic mass is 9.98. The Bertz CT molecular complexity index is 123. The van der Waals surface area contributed by atoms with Crippen molar-refractivity contribution in [3.63, 3.8) is 0 Å². The second-order valence-electron chi connectivity index (χ2n) is 3.20. The first-order chi connectivity index (χ1) is 6.02. The summed E-state index contributed by atoms with van der Waals surface area (Å²) in [6.45, 7) is 1.37. The molecular weight excluding hydrogens is 181 g/mol. The summed E-state index contributed by atoms with van der Waals surface area (Å²) in [5.41, 5.74) is 0. The monoisotopic (exact) mass is 197 g/mol. The Balaban J connectivity index is 3.61. The van der Waals surface area contributed by atoms with Crippen molar-refractivity contribution >= 4 is 0 Å². The normalized spacial score (nSPS) is 14.5. The van der Waals surface area contributed by atoms with Crippen molar-refractivity contribution in [3.05, 3.63) is 0 Å². The van der Waals surface area contributed by atoms with Crippen LogP contribution >= 0.6 is 0 Å². The molecule has 0 aromatic rings. The van der Waals surface area contributed by atoms with E-state index in [1.54, 1.807) is 6.92 Å². The maximum atomic E-state index is 12.2. The quantitative estimate of drug-likeness (QED) is 0.580. The lowest BCUT2D eigenvalue weighted by Crippen LogP contribution is -2.21. The van der Waals surface area contributed by atoms with E-state index >= 15 is 0 Å². The van der Waals surface area contributed by atoms with Gasteiger partial charge in [-0.15, -0.1) is 0 Å². The molecule has 0 aromatic heterocycles. The lowest BCUT2D eigenvalue weighted by molar-refractivity contribution is -0.177. The fourth-order valence-electron chi connectivity index (χ4n) is 1.27. The van der Waals surface area contributed by atoms with Gasteiger partial charge in [0.2, 0.25) is 0 Å². The van der Waals surface area contributed by atoms with Crippen LogP contribution in [-0.2, 0) is 5.11 Å². The molecule has 79 valence electrons. The topological polar surface area (TPSA) is 19.9 Å². The molecule has 0 aliphatic rings. The van der Waals surface area contributed by atoms with Crippen LogP contribution in [-0.4, -0.2) is 12.8 Å². The van der Waals surface area contributed by atoms with Gasteiger partial charge in [-0.05, 0) is 19.3 Å². The van der Waals surface area contributed by atoms with Crippen LogP contribution in [0.2, 0.25) is 0 Å². The maximum absolute atomic E-state index is 12.2. The predicted molar refractivity (Wildman–Crippen MR) is 43.9 cm³/mol. The van der Waals surface area contributed by atoms with E-state index in [1.165, 1.54) is 0 Å². The number of halogens is 3. The Morgan fingerprint density at radius 3 is 2.15 bits per heavy atom. The van der Waals surface area contributed by atoms with Crippen LogP contribution in [0.1, 0.15) is 39.0 Å². The van der Waals surface area contributed by atoms with Crippen LogP contribution < -0.4 is 0 Å². The second-order valence-corrected chi connectivity index (χ2v) is 3.20. The molecule has 0 heterocycles. The van der Waals surface area contributed by atoms with Gasteiger partial charge in [0.15, 0.2) is 0 Å². The van der Waals surface area contributed by atoms with Crippen molar-refractivity contribution in [2.75, 3.05) is 6.61 Å². The molecule has 1 radical (unpaired) electrons. The van der Waals surface area contributed by atoms with E-state index in [2.05, 4.69) is 0 Å². The number of rotatable bonds is 6. The van der Waals surface area contributed by atoms with Crippen LogP contribution in [0, 0.1) is 5.92 Å². The first-order valence-corrected chi connectivity index (χ1v) is 4.67. The summed E-state index contributed by atoms with van der Waals surface area (Å²) in [5, 5.41) is 10.0. The fourth-order valence-corrected chi connectivity index (χ4v) is 1.27. The molecule has 0 N–H and O–H groups in total. The maximum Gasteiger partial charge on any atom is 0.391 e. The van der Waals surface area contributed by atoms with Crippen LogP contribution in [0.25, 0.3) is 0 Å². The molecule has 0 saturated heterocycles. The number of alkyl halides is 3. The Labute approximate surface area is 76.9 Å². The van der Waals surface area contributed by atoms with Gasteiger partial charge >= 0.3 is 6.18 Å². The van der Waals surface area contributed by atoms with E-state index in [0.717, 1.165) is 0 Å². The van der Waals surface area contributed by atoms with Crippen molar-refractivity contribution in [3.8, 4) is 0 Å². The molecule has 0 aliphatic carbocycles.